The predicted octanol–water partition coefficient (Wildman–Crippen LogP) is 4.60. The maximum atomic E-state index is 12.3. The number of nitrogens with zero attached hydrogens (tertiary/aromatic N) is 1. The number of rotatable bonds is 6. The molecule has 0 spiro atoms. The van der Waals surface area contributed by atoms with Crippen LogP contribution in [0.25, 0.3) is 0 Å². The smallest absolute Gasteiger partial charge is 0.222 e. The number of amides is 1. The maximum Gasteiger partial charge on any atom is 0.222 e. The number of ether oxygens (including phenoxy) is 1. The summed E-state index contributed by atoms with van der Waals surface area (Å²) < 4.78 is 5.75. The highest BCUT2D eigenvalue weighted by Crippen LogP contribution is 2.23. The minimum absolute atomic E-state index is 0.281. The topological polar surface area (TPSA) is 29.5 Å². The van der Waals surface area contributed by atoms with Crippen molar-refractivity contribution in [3.8, 4) is 5.75 Å². The van der Waals surface area contributed by atoms with Crippen LogP contribution >= 0.6 is 11.6 Å². The van der Waals surface area contributed by atoms with Gasteiger partial charge in [0, 0.05) is 24.0 Å². The summed E-state index contributed by atoms with van der Waals surface area (Å²) in [6.45, 7) is 5.64. The number of aryl methyl sites for hydroxylation is 1. The fourth-order valence-corrected chi connectivity index (χ4v) is 3.30. The number of benzene rings is 1. The van der Waals surface area contributed by atoms with Crippen LogP contribution in [0.2, 0.25) is 5.02 Å². The normalized spacial score (nSPS) is 18.3. The van der Waals surface area contributed by atoms with Crippen LogP contribution in [0, 0.1) is 6.92 Å². The van der Waals surface area contributed by atoms with E-state index in [4.69, 9.17) is 16.3 Å². The molecule has 0 bridgehead atoms. The van der Waals surface area contributed by atoms with E-state index in [2.05, 4.69) is 11.8 Å². The number of hydrogen-bond acceptors (Lipinski definition) is 2. The highest BCUT2D eigenvalue weighted by atomic mass is 35.5. The molecule has 0 radical (unpaired) electrons. The van der Waals surface area contributed by atoms with Gasteiger partial charge in [-0.2, -0.15) is 0 Å². The third-order valence-corrected chi connectivity index (χ3v) is 4.58. The van der Waals surface area contributed by atoms with Gasteiger partial charge in [-0.05, 0) is 62.8 Å². The highest BCUT2D eigenvalue weighted by molar-refractivity contribution is 6.30. The lowest BCUT2D eigenvalue weighted by molar-refractivity contribution is -0.135. The average Bonchev–Trinajstić information content (AvgIpc) is 2.53. The van der Waals surface area contributed by atoms with Crippen molar-refractivity contribution in [2.75, 3.05) is 13.2 Å². The Balaban J connectivity index is 1.74. The lowest BCUT2D eigenvalue weighted by Gasteiger charge is -2.35. The van der Waals surface area contributed by atoms with E-state index in [9.17, 15) is 4.79 Å². The summed E-state index contributed by atoms with van der Waals surface area (Å²) in [5.74, 6) is 1.13. The van der Waals surface area contributed by atoms with Gasteiger partial charge >= 0.3 is 0 Å². The molecule has 122 valence electrons. The van der Waals surface area contributed by atoms with E-state index >= 15 is 0 Å². The van der Waals surface area contributed by atoms with Crippen molar-refractivity contribution in [1.82, 2.24) is 4.90 Å². The van der Waals surface area contributed by atoms with Gasteiger partial charge in [-0.25, -0.2) is 0 Å². The minimum Gasteiger partial charge on any atom is -0.493 e. The molecule has 0 aromatic heterocycles. The predicted molar refractivity (Wildman–Crippen MR) is 90.6 cm³/mol. The van der Waals surface area contributed by atoms with Gasteiger partial charge in [-0.15, -0.1) is 0 Å². The molecule has 1 aliphatic heterocycles. The fraction of sp³-hybridized carbons (Fsp3) is 0.611. The van der Waals surface area contributed by atoms with E-state index < -0.39 is 0 Å². The zero-order valence-corrected chi connectivity index (χ0v) is 14.4. The SMILES string of the molecule is CC[C@H]1CCCCN1C(=O)CCCOc1ccc(Cl)cc1C. The van der Waals surface area contributed by atoms with Crippen molar-refractivity contribution >= 4 is 17.5 Å². The van der Waals surface area contributed by atoms with Gasteiger partial charge < -0.3 is 9.64 Å². The first-order chi connectivity index (χ1) is 10.6. The molecule has 22 heavy (non-hydrogen) atoms. The molecule has 2 rings (SSSR count). The Hall–Kier alpha value is -1.22. The monoisotopic (exact) mass is 323 g/mol. The van der Waals surface area contributed by atoms with E-state index in [1.165, 1.54) is 6.42 Å². The number of halogens is 1. The summed E-state index contributed by atoms with van der Waals surface area (Å²) in [6.07, 6.45) is 5.94. The highest BCUT2D eigenvalue weighted by Gasteiger charge is 2.24. The molecule has 0 N–H and O–H groups in total. The molecule has 3 nitrogen and oxygen atoms in total. The summed E-state index contributed by atoms with van der Waals surface area (Å²) >= 11 is 5.93. The first-order valence-electron chi connectivity index (χ1n) is 8.30. The van der Waals surface area contributed by atoms with Crippen LogP contribution < -0.4 is 4.74 Å². The van der Waals surface area contributed by atoms with E-state index in [0.717, 1.165) is 48.6 Å². The maximum absolute atomic E-state index is 12.3. The summed E-state index contributed by atoms with van der Waals surface area (Å²) in [7, 11) is 0. The third-order valence-electron chi connectivity index (χ3n) is 4.35. The summed E-state index contributed by atoms with van der Waals surface area (Å²) in [5, 5.41) is 0.718. The largest absolute Gasteiger partial charge is 0.493 e. The zero-order chi connectivity index (χ0) is 15.9. The first-order valence-corrected chi connectivity index (χ1v) is 8.68. The lowest BCUT2D eigenvalue weighted by Crippen LogP contribution is -2.43. The number of carbonyl (C=O) groups is 1. The van der Waals surface area contributed by atoms with Crippen molar-refractivity contribution in [3.63, 3.8) is 0 Å². The molecule has 1 amide bonds. The van der Waals surface area contributed by atoms with Gasteiger partial charge in [0.1, 0.15) is 5.75 Å². The van der Waals surface area contributed by atoms with Gasteiger partial charge in [0.15, 0.2) is 0 Å². The molecule has 1 fully saturated rings. The minimum atomic E-state index is 0.281. The number of carbonyl (C=O) groups excluding carboxylic acids is 1. The molecule has 0 saturated carbocycles. The van der Waals surface area contributed by atoms with Crippen LogP contribution in [-0.4, -0.2) is 30.0 Å². The van der Waals surface area contributed by atoms with Crippen molar-refractivity contribution in [2.45, 2.75) is 58.4 Å². The molecular formula is C18H26ClNO2. The van der Waals surface area contributed by atoms with Gasteiger partial charge in [0.05, 0.1) is 6.61 Å². The molecule has 1 aromatic rings. The first kappa shape index (κ1) is 17.1. The van der Waals surface area contributed by atoms with Crippen LogP contribution in [0.5, 0.6) is 5.75 Å². The Morgan fingerprint density at radius 3 is 2.95 bits per heavy atom. The Morgan fingerprint density at radius 1 is 1.41 bits per heavy atom. The standard InChI is InChI=1S/C18H26ClNO2/c1-3-16-7-4-5-11-20(16)18(21)8-6-12-22-17-10-9-15(19)13-14(17)2/h9-10,13,16H,3-8,11-12H2,1-2H3/t16-/m0/s1. The Bertz CT molecular complexity index is 504. The Kier molecular flexibility index (Phi) is 6.56. The quantitative estimate of drug-likeness (QED) is 0.716. The van der Waals surface area contributed by atoms with E-state index in [1.54, 1.807) is 0 Å². The van der Waals surface area contributed by atoms with Gasteiger partial charge in [0.2, 0.25) is 5.91 Å². The number of piperidine rings is 1. The van der Waals surface area contributed by atoms with Gasteiger partial charge in [-0.1, -0.05) is 18.5 Å². The third kappa shape index (κ3) is 4.64. The summed E-state index contributed by atoms with van der Waals surface area (Å²) in [4.78, 5) is 14.4. The molecule has 0 unspecified atom stereocenters. The van der Waals surface area contributed by atoms with E-state index in [0.29, 0.717) is 19.1 Å². The molecule has 1 heterocycles. The van der Waals surface area contributed by atoms with Crippen molar-refractivity contribution in [3.05, 3.63) is 28.8 Å². The Morgan fingerprint density at radius 2 is 2.23 bits per heavy atom. The van der Waals surface area contributed by atoms with Crippen LogP contribution in [0.4, 0.5) is 0 Å². The van der Waals surface area contributed by atoms with Gasteiger partial charge in [-0.3, -0.25) is 4.79 Å². The van der Waals surface area contributed by atoms with Crippen LogP contribution in [0.15, 0.2) is 18.2 Å². The molecule has 1 aliphatic rings. The average molecular weight is 324 g/mol. The van der Waals surface area contributed by atoms with E-state index in [1.807, 2.05) is 25.1 Å². The van der Waals surface area contributed by atoms with Crippen molar-refractivity contribution in [2.24, 2.45) is 0 Å². The fourth-order valence-electron chi connectivity index (χ4n) is 3.08. The molecule has 1 atom stereocenters. The lowest BCUT2D eigenvalue weighted by atomic mass is 9.99. The summed E-state index contributed by atoms with van der Waals surface area (Å²) in [5.41, 5.74) is 1.03. The second kappa shape index (κ2) is 8.42. The van der Waals surface area contributed by atoms with Crippen molar-refractivity contribution in [1.29, 1.82) is 0 Å². The molecule has 4 heteroatoms. The van der Waals surface area contributed by atoms with E-state index in [-0.39, 0.29) is 5.91 Å². The van der Waals surface area contributed by atoms with Gasteiger partial charge in [0.25, 0.3) is 0 Å². The summed E-state index contributed by atoms with van der Waals surface area (Å²) in [6, 6.07) is 6.05. The number of hydrogen-bond donors (Lipinski definition) is 0. The molecule has 1 aromatic carbocycles. The van der Waals surface area contributed by atoms with Crippen LogP contribution in [0.1, 0.15) is 51.0 Å². The second-order valence-electron chi connectivity index (χ2n) is 6.01. The van der Waals surface area contributed by atoms with Crippen LogP contribution in [0.3, 0.4) is 0 Å². The Labute approximate surface area is 138 Å². The molecule has 1 saturated heterocycles. The van der Waals surface area contributed by atoms with Crippen LogP contribution in [-0.2, 0) is 4.79 Å². The second-order valence-corrected chi connectivity index (χ2v) is 6.44. The van der Waals surface area contributed by atoms with Crippen molar-refractivity contribution < 1.29 is 9.53 Å². The zero-order valence-electron chi connectivity index (χ0n) is 13.6. The molecular weight excluding hydrogens is 298 g/mol. The number of likely N-dealkylation sites (tertiary alicyclic amines) is 1. The molecule has 0 aliphatic carbocycles.